The van der Waals surface area contributed by atoms with Gasteiger partial charge >= 0.3 is 0 Å². The van der Waals surface area contributed by atoms with Crippen LogP contribution in [0.25, 0.3) is 0 Å². The molecule has 0 aliphatic heterocycles. The normalized spacial score (nSPS) is 9.50. The van der Waals surface area contributed by atoms with Crippen LogP contribution in [0.1, 0.15) is 5.56 Å². The van der Waals surface area contributed by atoms with Crippen molar-refractivity contribution in [3.05, 3.63) is 23.8 Å². The van der Waals surface area contributed by atoms with Gasteiger partial charge in [-0.05, 0) is 24.6 Å². The summed E-state index contributed by atoms with van der Waals surface area (Å²) in [4.78, 5) is 0.954. The number of thiol groups is 1. The molecule has 0 heterocycles. The maximum Gasteiger partial charge on any atom is 0.0496 e. The monoisotopic (exact) mass is 154 g/mol. The van der Waals surface area contributed by atoms with Gasteiger partial charge in [0.05, 0.1) is 0 Å². The van der Waals surface area contributed by atoms with Crippen molar-refractivity contribution in [1.82, 2.24) is 0 Å². The van der Waals surface area contributed by atoms with Gasteiger partial charge in [0.2, 0.25) is 0 Å². The first kappa shape index (κ1) is 7.44. The van der Waals surface area contributed by atoms with E-state index in [4.69, 9.17) is 5.84 Å². The molecule has 0 aliphatic rings. The van der Waals surface area contributed by atoms with E-state index in [0.29, 0.717) is 0 Å². The minimum Gasteiger partial charge on any atom is -0.324 e. The van der Waals surface area contributed by atoms with Crippen LogP contribution in [-0.2, 0) is 0 Å². The molecule has 1 aromatic rings. The Kier molecular flexibility index (Phi) is 2.19. The van der Waals surface area contributed by atoms with Crippen LogP contribution < -0.4 is 11.3 Å². The van der Waals surface area contributed by atoms with Gasteiger partial charge in [-0.2, -0.15) is 0 Å². The molecule has 0 unspecified atom stereocenters. The number of aryl methyl sites for hydroxylation is 1. The van der Waals surface area contributed by atoms with Gasteiger partial charge in [0, 0.05) is 10.6 Å². The van der Waals surface area contributed by atoms with Crippen molar-refractivity contribution in [2.24, 2.45) is 5.84 Å². The minimum atomic E-state index is 0.885. The van der Waals surface area contributed by atoms with E-state index in [1.165, 1.54) is 0 Å². The van der Waals surface area contributed by atoms with Crippen LogP contribution in [0.4, 0.5) is 5.69 Å². The number of nitrogens with two attached hydrogens (primary N) is 1. The highest BCUT2D eigenvalue weighted by Gasteiger charge is 1.92. The lowest BCUT2D eigenvalue weighted by Gasteiger charge is -2.01. The number of nitrogen functional groups attached to an aromatic ring is 1. The van der Waals surface area contributed by atoms with Crippen LogP contribution in [0.3, 0.4) is 0 Å². The van der Waals surface area contributed by atoms with Crippen molar-refractivity contribution in [3.8, 4) is 0 Å². The summed E-state index contributed by atoms with van der Waals surface area (Å²) in [7, 11) is 0. The smallest absolute Gasteiger partial charge is 0.0496 e. The Morgan fingerprint density at radius 2 is 2.20 bits per heavy atom. The standard InChI is InChI=1S/C7H10N2S/c1-5-2-3-6(9-8)4-7(5)10/h2-4,9-10H,8H2,1H3. The molecule has 0 spiro atoms. The maximum atomic E-state index is 5.18. The molecule has 0 saturated heterocycles. The van der Waals surface area contributed by atoms with Crippen molar-refractivity contribution >= 4 is 18.3 Å². The van der Waals surface area contributed by atoms with Crippen molar-refractivity contribution in [3.63, 3.8) is 0 Å². The second-order valence-corrected chi connectivity index (χ2v) is 2.63. The first-order valence-corrected chi connectivity index (χ1v) is 3.45. The number of anilines is 1. The molecule has 3 N–H and O–H groups in total. The molecule has 0 aromatic heterocycles. The minimum absolute atomic E-state index is 0.885. The predicted molar refractivity (Wildman–Crippen MR) is 46.2 cm³/mol. The summed E-state index contributed by atoms with van der Waals surface area (Å²) in [5.41, 5.74) is 4.59. The fourth-order valence-electron chi connectivity index (χ4n) is 0.699. The van der Waals surface area contributed by atoms with Crippen LogP contribution in [-0.4, -0.2) is 0 Å². The topological polar surface area (TPSA) is 38.0 Å². The highest BCUT2D eigenvalue weighted by Crippen LogP contribution is 2.16. The van der Waals surface area contributed by atoms with Gasteiger partial charge in [-0.1, -0.05) is 6.07 Å². The summed E-state index contributed by atoms with van der Waals surface area (Å²) in [6, 6.07) is 5.77. The van der Waals surface area contributed by atoms with Crippen molar-refractivity contribution in [1.29, 1.82) is 0 Å². The van der Waals surface area contributed by atoms with E-state index in [2.05, 4.69) is 18.1 Å². The van der Waals surface area contributed by atoms with Gasteiger partial charge in [-0.15, -0.1) is 12.6 Å². The zero-order valence-electron chi connectivity index (χ0n) is 5.76. The second-order valence-electron chi connectivity index (χ2n) is 2.15. The largest absolute Gasteiger partial charge is 0.324 e. The van der Waals surface area contributed by atoms with Gasteiger partial charge < -0.3 is 5.43 Å². The Balaban J connectivity index is 3.04. The molecule has 0 bridgehead atoms. The van der Waals surface area contributed by atoms with E-state index in [9.17, 15) is 0 Å². The molecule has 0 saturated carbocycles. The molecule has 1 rings (SSSR count). The fourth-order valence-corrected chi connectivity index (χ4v) is 0.913. The van der Waals surface area contributed by atoms with E-state index < -0.39 is 0 Å². The molecule has 10 heavy (non-hydrogen) atoms. The first-order valence-electron chi connectivity index (χ1n) is 3.00. The van der Waals surface area contributed by atoms with Crippen LogP contribution in [0.15, 0.2) is 23.1 Å². The van der Waals surface area contributed by atoms with E-state index in [1.807, 2.05) is 25.1 Å². The molecular formula is C7H10N2S. The quantitative estimate of drug-likeness (QED) is 0.326. The van der Waals surface area contributed by atoms with Crippen LogP contribution >= 0.6 is 12.6 Å². The molecule has 0 atom stereocenters. The number of hydrazine groups is 1. The third kappa shape index (κ3) is 1.43. The highest BCUT2D eigenvalue weighted by molar-refractivity contribution is 7.80. The lowest BCUT2D eigenvalue weighted by molar-refractivity contribution is 1.27. The maximum absolute atomic E-state index is 5.18. The molecule has 0 fully saturated rings. The summed E-state index contributed by atoms with van der Waals surface area (Å²) < 4.78 is 0. The van der Waals surface area contributed by atoms with Crippen LogP contribution in [0, 0.1) is 6.92 Å². The van der Waals surface area contributed by atoms with Gasteiger partial charge in [-0.3, -0.25) is 5.84 Å². The van der Waals surface area contributed by atoms with Crippen molar-refractivity contribution < 1.29 is 0 Å². The second kappa shape index (κ2) is 2.94. The first-order chi connectivity index (χ1) is 4.74. The van der Waals surface area contributed by atoms with Gasteiger partial charge in [0.25, 0.3) is 0 Å². The van der Waals surface area contributed by atoms with E-state index >= 15 is 0 Å². The Labute approximate surface area is 65.8 Å². The molecule has 3 heteroatoms. The zero-order valence-corrected chi connectivity index (χ0v) is 6.65. The fraction of sp³-hybridized carbons (Fsp3) is 0.143. The average Bonchev–Trinajstić information content (AvgIpc) is 1.95. The number of hydrogen-bond donors (Lipinski definition) is 3. The molecule has 0 radical (unpaired) electrons. The lowest BCUT2D eigenvalue weighted by atomic mass is 10.2. The number of hydrogen-bond acceptors (Lipinski definition) is 3. The van der Waals surface area contributed by atoms with Gasteiger partial charge in [0.15, 0.2) is 0 Å². The lowest BCUT2D eigenvalue weighted by Crippen LogP contribution is -2.06. The Morgan fingerprint density at radius 1 is 1.50 bits per heavy atom. The number of rotatable bonds is 1. The third-order valence-corrected chi connectivity index (χ3v) is 1.86. The van der Waals surface area contributed by atoms with E-state index in [-0.39, 0.29) is 0 Å². The van der Waals surface area contributed by atoms with Crippen molar-refractivity contribution in [2.75, 3.05) is 5.43 Å². The number of nitrogens with one attached hydrogen (secondary N) is 1. The van der Waals surface area contributed by atoms with E-state index in [1.54, 1.807) is 0 Å². The van der Waals surface area contributed by atoms with Crippen LogP contribution in [0.2, 0.25) is 0 Å². The number of benzene rings is 1. The predicted octanol–water partition coefficient (Wildman–Crippen LogP) is 1.57. The van der Waals surface area contributed by atoms with E-state index in [0.717, 1.165) is 16.1 Å². The molecule has 2 nitrogen and oxygen atoms in total. The molecule has 0 aliphatic carbocycles. The van der Waals surface area contributed by atoms with Gasteiger partial charge in [0.1, 0.15) is 0 Å². The van der Waals surface area contributed by atoms with Gasteiger partial charge in [-0.25, -0.2) is 0 Å². The summed E-state index contributed by atoms with van der Waals surface area (Å²) >= 11 is 4.23. The average molecular weight is 154 g/mol. The SMILES string of the molecule is Cc1ccc(NN)cc1S. The summed E-state index contributed by atoms with van der Waals surface area (Å²) in [5, 5.41) is 0. The van der Waals surface area contributed by atoms with Crippen LogP contribution in [0.5, 0.6) is 0 Å². The zero-order chi connectivity index (χ0) is 7.56. The summed E-state index contributed by atoms with van der Waals surface area (Å²) in [5.74, 6) is 5.18. The Bertz CT molecular complexity index is 235. The molecule has 1 aromatic carbocycles. The molecular weight excluding hydrogens is 144 g/mol. The highest BCUT2D eigenvalue weighted by atomic mass is 32.1. The van der Waals surface area contributed by atoms with Crippen molar-refractivity contribution in [2.45, 2.75) is 11.8 Å². The summed E-state index contributed by atoms with van der Waals surface area (Å²) in [6.07, 6.45) is 0. The Morgan fingerprint density at radius 3 is 2.70 bits per heavy atom. The molecule has 0 amide bonds. The third-order valence-electron chi connectivity index (χ3n) is 1.38. The Hall–Kier alpha value is -0.670. The summed E-state index contributed by atoms with van der Waals surface area (Å²) in [6.45, 7) is 2.00. The molecule has 54 valence electrons.